The molecule has 1 rings (SSSR count). The average molecular weight is 265 g/mol. The Labute approximate surface area is 115 Å². The maximum absolute atomic E-state index is 12.8. The van der Waals surface area contributed by atoms with E-state index in [1.54, 1.807) is 12.1 Å². The summed E-state index contributed by atoms with van der Waals surface area (Å²) in [4.78, 5) is 11.8. The van der Waals surface area contributed by atoms with Gasteiger partial charge in [0.1, 0.15) is 5.82 Å². The van der Waals surface area contributed by atoms with Crippen molar-refractivity contribution in [1.82, 2.24) is 5.32 Å². The average Bonchev–Trinajstić information content (AvgIpc) is 2.31. The summed E-state index contributed by atoms with van der Waals surface area (Å²) in [6.07, 6.45) is 1.29. The lowest BCUT2D eigenvalue weighted by molar-refractivity contribution is -0.122. The van der Waals surface area contributed by atoms with Crippen molar-refractivity contribution in [3.63, 3.8) is 0 Å². The van der Waals surface area contributed by atoms with Gasteiger partial charge in [0.15, 0.2) is 0 Å². The lowest BCUT2D eigenvalue weighted by Crippen LogP contribution is -2.35. The third-order valence-corrected chi connectivity index (χ3v) is 3.51. The molecule has 0 spiro atoms. The largest absolute Gasteiger partial charge is 0.353 e. The summed E-state index contributed by atoms with van der Waals surface area (Å²) in [6, 6.07) is 6.48. The van der Waals surface area contributed by atoms with E-state index in [2.05, 4.69) is 26.1 Å². The molecule has 0 radical (unpaired) electrons. The highest BCUT2D eigenvalue weighted by Crippen LogP contribution is 2.14. The fourth-order valence-electron chi connectivity index (χ4n) is 1.89. The number of carbonyl (C=O) groups excluding carboxylic acids is 1. The molecule has 1 amide bonds. The molecule has 2 atom stereocenters. The van der Waals surface area contributed by atoms with Gasteiger partial charge in [-0.2, -0.15) is 0 Å². The summed E-state index contributed by atoms with van der Waals surface area (Å²) >= 11 is 0. The molecule has 19 heavy (non-hydrogen) atoms. The van der Waals surface area contributed by atoms with Crippen LogP contribution in [0.15, 0.2) is 24.3 Å². The standard InChI is InChI=1S/C16H24FNO/c1-11(2)12(3)9-16(19)18-13(4)10-14-5-7-15(17)8-6-14/h5-8,11-13H,9-10H2,1-4H3,(H,18,19)/t12-,13-/m0/s1. The first-order valence-electron chi connectivity index (χ1n) is 6.92. The number of hydrogen-bond donors (Lipinski definition) is 1. The minimum atomic E-state index is -0.230. The first-order chi connectivity index (χ1) is 8.88. The van der Waals surface area contributed by atoms with Gasteiger partial charge in [0.2, 0.25) is 5.91 Å². The number of hydrogen-bond acceptors (Lipinski definition) is 1. The van der Waals surface area contributed by atoms with Crippen LogP contribution in [0.4, 0.5) is 4.39 Å². The molecule has 0 fully saturated rings. The predicted molar refractivity (Wildman–Crippen MR) is 76.3 cm³/mol. The molecule has 0 aliphatic heterocycles. The summed E-state index contributed by atoms with van der Waals surface area (Å²) in [5.74, 6) is 0.762. The molecule has 0 heterocycles. The maximum Gasteiger partial charge on any atom is 0.220 e. The Morgan fingerprint density at radius 1 is 1.16 bits per heavy atom. The molecule has 0 aliphatic carbocycles. The van der Waals surface area contributed by atoms with Gasteiger partial charge in [-0.3, -0.25) is 4.79 Å². The normalized spacial score (nSPS) is 14.2. The van der Waals surface area contributed by atoms with E-state index in [4.69, 9.17) is 0 Å². The van der Waals surface area contributed by atoms with Crippen molar-refractivity contribution in [2.45, 2.75) is 46.6 Å². The van der Waals surface area contributed by atoms with Gasteiger partial charge in [0.25, 0.3) is 0 Å². The molecule has 0 saturated heterocycles. The van der Waals surface area contributed by atoms with Gasteiger partial charge in [-0.1, -0.05) is 32.9 Å². The summed E-state index contributed by atoms with van der Waals surface area (Å²) in [5.41, 5.74) is 1.03. The van der Waals surface area contributed by atoms with E-state index < -0.39 is 0 Å². The zero-order chi connectivity index (χ0) is 14.4. The monoisotopic (exact) mass is 265 g/mol. The Bertz CT molecular complexity index is 400. The predicted octanol–water partition coefficient (Wildman–Crippen LogP) is 3.56. The summed E-state index contributed by atoms with van der Waals surface area (Å²) in [6.45, 7) is 8.32. The van der Waals surface area contributed by atoms with E-state index in [1.165, 1.54) is 12.1 Å². The molecule has 0 aromatic heterocycles. The zero-order valence-electron chi connectivity index (χ0n) is 12.2. The number of amides is 1. The van der Waals surface area contributed by atoms with Gasteiger partial charge in [-0.25, -0.2) is 4.39 Å². The number of rotatable bonds is 6. The Morgan fingerprint density at radius 2 is 1.74 bits per heavy atom. The molecule has 0 saturated carbocycles. The van der Waals surface area contributed by atoms with Crippen molar-refractivity contribution in [3.8, 4) is 0 Å². The molecule has 0 aliphatic rings. The fourth-order valence-corrected chi connectivity index (χ4v) is 1.89. The van der Waals surface area contributed by atoms with Crippen molar-refractivity contribution in [1.29, 1.82) is 0 Å². The molecule has 0 unspecified atom stereocenters. The quantitative estimate of drug-likeness (QED) is 0.837. The lowest BCUT2D eigenvalue weighted by atomic mass is 9.94. The molecule has 1 aromatic rings. The second-order valence-electron chi connectivity index (χ2n) is 5.72. The van der Waals surface area contributed by atoms with Crippen molar-refractivity contribution < 1.29 is 9.18 Å². The smallest absolute Gasteiger partial charge is 0.220 e. The highest BCUT2D eigenvalue weighted by molar-refractivity contribution is 5.76. The highest BCUT2D eigenvalue weighted by atomic mass is 19.1. The van der Waals surface area contributed by atoms with Gasteiger partial charge in [0, 0.05) is 12.5 Å². The van der Waals surface area contributed by atoms with Gasteiger partial charge in [0.05, 0.1) is 0 Å². The van der Waals surface area contributed by atoms with Crippen LogP contribution in [0.25, 0.3) is 0 Å². The maximum atomic E-state index is 12.8. The first kappa shape index (κ1) is 15.7. The second kappa shape index (κ2) is 7.27. The molecule has 2 nitrogen and oxygen atoms in total. The minimum Gasteiger partial charge on any atom is -0.353 e. The van der Waals surface area contributed by atoms with Crippen LogP contribution < -0.4 is 5.32 Å². The van der Waals surface area contributed by atoms with E-state index in [1.807, 2.05) is 6.92 Å². The highest BCUT2D eigenvalue weighted by Gasteiger charge is 2.14. The van der Waals surface area contributed by atoms with E-state index in [9.17, 15) is 9.18 Å². The SMILES string of the molecule is CC(C)[C@@H](C)CC(=O)N[C@@H](C)Cc1ccc(F)cc1. The van der Waals surface area contributed by atoms with E-state index >= 15 is 0 Å². The lowest BCUT2D eigenvalue weighted by Gasteiger charge is -2.18. The Balaban J connectivity index is 2.40. The first-order valence-corrected chi connectivity index (χ1v) is 6.92. The Hall–Kier alpha value is -1.38. The zero-order valence-corrected chi connectivity index (χ0v) is 12.2. The van der Waals surface area contributed by atoms with Crippen molar-refractivity contribution in [3.05, 3.63) is 35.6 Å². The summed E-state index contributed by atoms with van der Waals surface area (Å²) in [5, 5.41) is 3.00. The van der Waals surface area contributed by atoms with E-state index in [-0.39, 0.29) is 17.8 Å². The molecular weight excluding hydrogens is 241 g/mol. The minimum absolute atomic E-state index is 0.0670. The van der Waals surface area contributed by atoms with Gasteiger partial charge < -0.3 is 5.32 Å². The van der Waals surface area contributed by atoms with Crippen LogP contribution >= 0.6 is 0 Å². The third-order valence-electron chi connectivity index (χ3n) is 3.51. The molecule has 0 bridgehead atoms. The van der Waals surface area contributed by atoms with Crippen molar-refractivity contribution >= 4 is 5.91 Å². The van der Waals surface area contributed by atoms with Crippen LogP contribution in [0, 0.1) is 17.7 Å². The number of benzene rings is 1. The molecule has 106 valence electrons. The van der Waals surface area contributed by atoms with Crippen molar-refractivity contribution in [2.24, 2.45) is 11.8 Å². The molecule has 3 heteroatoms. The number of halogens is 1. The van der Waals surface area contributed by atoms with Crippen LogP contribution in [0.1, 0.15) is 39.7 Å². The van der Waals surface area contributed by atoms with E-state index in [0.717, 1.165) is 12.0 Å². The van der Waals surface area contributed by atoms with Gasteiger partial charge >= 0.3 is 0 Å². The summed E-state index contributed by atoms with van der Waals surface area (Å²) in [7, 11) is 0. The second-order valence-corrected chi connectivity index (χ2v) is 5.72. The molecule has 1 aromatic carbocycles. The van der Waals surface area contributed by atoms with Crippen molar-refractivity contribution in [2.75, 3.05) is 0 Å². The molecule has 1 N–H and O–H groups in total. The topological polar surface area (TPSA) is 29.1 Å². The Morgan fingerprint density at radius 3 is 2.26 bits per heavy atom. The van der Waals surface area contributed by atoms with Crippen LogP contribution in [0.5, 0.6) is 0 Å². The summed E-state index contributed by atoms with van der Waals surface area (Å²) < 4.78 is 12.8. The van der Waals surface area contributed by atoms with Crippen LogP contribution in [0.2, 0.25) is 0 Å². The fraction of sp³-hybridized carbons (Fsp3) is 0.562. The Kier molecular flexibility index (Phi) is 6.00. The van der Waals surface area contributed by atoms with Gasteiger partial charge in [-0.05, 0) is 42.9 Å². The van der Waals surface area contributed by atoms with Crippen LogP contribution in [-0.4, -0.2) is 11.9 Å². The van der Waals surface area contributed by atoms with Crippen LogP contribution in [-0.2, 0) is 11.2 Å². The molecular formula is C16H24FNO. The van der Waals surface area contributed by atoms with Crippen LogP contribution in [0.3, 0.4) is 0 Å². The van der Waals surface area contributed by atoms with E-state index in [0.29, 0.717) is 18.3 Å². The van der Waals surface area contributed by atoms with Gasteiger partial charge in [-0.15, -0.1) is 0 Å². The third kappa shape index (κ3) is 5.86. The number of carbonyl (C=O) groups is 1. The number of nitrogens with one attached hydrogen (secondary N) is 1.